The maximum absolute atomic E-state index is 13.1. The molecular formula is C25H28N4O3. The van der Waals surface area contributed by atoms with E-state index in [0.29, 0.717) is 38.2 Å². The van der Waals surface area contributed by atoms with Crippen LogP contribution in [0.4, 0.5) is 0 Å². The topological polar surface area (TPSA) is 87.3 Å². The maximum Gasteiger partial charge on any atom is 0.271 e. The number of nitrogens with one attached hydrogen (secondary N) is 2. The van der Waals surface area contributed by atoms with E-state index in [1.54, 1.807) is 24.3 Å². The summed E-state index contributed by atoms with van der Waals surface area (Å²) < 4.78 is 5.48. The highest BCUT2D eigenvalue weighted by atomic mass is 16.5. The van der Waals surface area contributed by atoms with Gasteiger partial charge in [-0.05, 0) is 43.0 Å². The normalized spacial score (nSPS) is 17.9. The summed E-state index contributed by atoms with van der Waals surface area (Å²) in [5, 5.41) is 9.57. The molecule has 7 heteroatoms. The number of likely N-dealkylation sites (tertiary alicyclic amines) is 1. The minimum absolute atomic E-state index is 0.00582. The number of methoxy groups -OCH3 is 1. The van der Waals surface area contributed by atoms with Crippen LogP contribution in [0.1, 0.15) is 29.4 Å². The largest absolute Gasteiger partial charge is 0.496 e. The van der Waals surface area contributed by atoms with Gasteiger partial charge in [0.1, 0.15) is 11.4 Å². The average Bonchev–Trinajstić information content (AvgIpc) is 3.51. The van der Waals surface area contributed by atoms with Gasteiger partial charge in [-0.2, -0.15) is 5.10 Å². The van der Waals surface area contributed by atoms with E-state index in [0.717, 1.165) is 22.4 Å². The summed E-state index contributed by atoms with van der Waals surface area (Å²) in [4.78, 5) is 27.7. The van der Waals surface area contributed by atoms with Gasteiger partial charge in [0.15, 0.2) is 0 Å². The van der Waals surface area contributed by atoms with Crippen LogP contribution in [-0.2, 0) is 11.2 Å². The second-order valence-electron chi connectivity index (χ2n) is 8.16. The molecule has 1 aliphatic heterocycles. The summed E-state index contributed by atoms with van der Waals surface area (Å²) in [6, 6.07) is 17.8. The molecule has 0 radical (unpaired) electrons. The number of carbonyl (C=O) groups excluding carboxylic acids is 2. The van der Waals surface area contributed by atoms with Crippen LogP contribution in [0.5, 0.6) is 5.75 Å². The number of rotatable bonds is 7. The molecule has 2 aromatic carbocycles. The van der Waals surface area contributed by atoms with Crippen molar-refractivity contribution in [3.8, 4) is 16.9 Å². The fraction of sp³-hybridized carbons (Fsp3) is 0.320. The second-order valence-corrected chi connectivity index (χ2v) is 8.16. The minimum atomic E-state index is -0.655. The van der Waals surface area contributed by atoms with Crippen molar-refractivity contribution in [2.75, 3.05) is 26.7 Å². The molecule has 3 aromatic rings. The summed E-state index contributed by atoms with van der Waals surface area (Å²) in [6.45, 7) is 3.39. The van der Waals surface area contributed by atoms with Crippen LogP contribution in [0.25, 0.3) is 11.1 Å². The Bertz CT molecular complexity index is 1080. The molecule has 0 spiro atoms. The fourth-order valence-corrected chi connectivity index (χ4v) is 4.43. The molecule has 1 aliphatic rings. The van der Waals surface area contributed by atoms with E-state index in [1.165, 1.54) is 0 Å². The van der Waals surface area contributed by atoms with Crippen LogP contribution in [0.15, 0.2) is 60.8 Å². The second kappa shape index (κ2) is 9.26. The Morgan fingerprint density at radius 1 is 1.16 bits per heavy atom. The Morgan fingerprint density at radius 3 is 2.62 bits per heavy atom. The number of para-hydroxylation sites is 1. The zero-order chi connectivity index (χ0) is 22.6. The fourth-order valence-electron chi connectivity index (χ4n) is 4.43. The van der Waals surface area contributed by atoms with E-state index >= 15 is 0 Å². The third kappa shape index (κ3) is 4.23. The first-order chi connectivity index (χ1) is 15.6. The molecule has 32 heavy (non-hydrogen) atoms. The SMILES string of the molecule is CCNC(=O)C1(Cc2ccc(-c3ccccc3OC)cc2)CCN(C(=O)c2ccn[nH]2)C1. The predicted octanol–water partition coefficient (Wildman–Crippen LogP) is 3.30. The molecule has 0 aliphatic carbocycles. The van der Waals surface area contributed by atoms with Gasteiger partial charge in [-0.1, -0.05) is 42.5 Å². The number of benzene rings is 2. The van der Waals surface area contributed by atoms with Gasteiger partial charge in [0.25, 0.3) is 5.91 Å². The number of ether oxygens (including phenoxy) is 1. The lowest BCUT2D eigenvalue weighted by molar-refractivity contribution is -0.130. The Hall–Kier alpha value is -3.61. The van der Waals surface area contributed by atoms with Crippen molar-refractivity contribution in [1.82, 2.24) is 20.4 Å². The molecule has 1 unspecified atom stereocenters. The lowest BCUT2D eigenvalue weighted by Crippen LogP contribution is -2.45. The molecule has 1 atom stereocenters. The summed E-state index contributed by atoms with van der Waals surface area (Å²) in [6.07, 6.45) is 2.74. The lowest BCUT2D eigenvalue weighted by Gasteiger charge is -2.28. The van der Waals surface area contributed by atoms with E-state index in [-0.39, 0.29) is 11.8 Å². The van der Waals surface area contributed by atoms with Gasteiger partial charge in [-0.3, -0.25) is 14.7 Å². The highest BCUT2D eigenvalue weighted by Gasteiger charge is 2.46. The molecule has 2 N–H and O–H groups in total. The van der Waals surface area contributed by atoms with E-state index in [9.17, 15) is 9.59 Å². The minimum Gasteiger partial charge on any atom is -0.496 e. The predicted molar refractivity (Wildman–Crippen MR) is 122 cm³/mol. The van der Waals surface area contributed by atoms with Gasteiger partial charge in [-0.25, -0.2) is 0 Å². The number of hydrogen-bond donors (Lipinski definition) is 2. The Kier molecular flexibility index (Phi) is 6.25. The van der Waals surface area contributed by atoms with Gasteiger partial charge in [0.2, 0.25) is 5.91 Å². The van der Waals surface area contributed by atoms with Crippen LogP contribution >= 0.6 is 0 Å². The van der Waals surface area contributed by atoms with Crippen molar-refractivity contribution in [2.24, 2.45) is 5.41 Å². The molecule has 4 rings (SSSR count). The third-order valence-electron chi connectivity index (χ3n) is 6.11. The summed E-state index contributed by atoms with van der Waals surface area (Å²) >= 11 is 0. The number of aromatic amines is 1. The Morgan fingerprint density at radius 2 is 1.94 bits per heavy atom. The van der Waals surface area contributed by atoms with Crippen molar-refractivity contribution >= 4 is 11.8 Å². The van der Waals surface area contributed by atoms with Crippen molar-refractivity contribution < 1.29 is 14.3 Å². The number of aromatic nitrogens is 2. The van der Waals surface area contributed by atoms with Gasteiger partial charge in [0, 0.05) is 31.4 Å². The molecule has 2 amide bonds. The molecule has 7 nitrogen and oxygen atoms in total. The van der Waals surface area contributed by atoms with E-state index in [1.807, 2.05) is 31.2 Å². The van der Waals surface area contributed by atoms with Gasteiger partial charge < -0.3 is 15.0 Å². The van der Waals surface area contributed by atoms with Crippen LogP contribution in [-0.4, -0.2) is 53.7 Å². The maximum atomic E-state index is 13.1. The van der Waals surface area contributed by atoms with Crippen molar-refractivity contribution in [3.05, 3.63) is 72.1 Å². The quantitative estimate of drug-likeness (QED) is 0.600. The van der Waals surface area contributed by atoms with E-state index < -0.39 is 5.41 Å². The Labute approximate surface area is 187 Å². The van der Waals surface area contributed by atoms with E-state index in [4.69, 9.17) is 4.74 Å². The first-order valence-electron chi connectivity index (χ1n) is 10.9. The standard InChI is InChI=1S/C25H28N4O3/c1-3-26-24(31)25(13-15-29(17-25)23(30)21-12-14-27-28-21)16-18-8-10-19(11-9-18)20-6-4-5-7-22(20)32-2/h4-12,14H,3,13,15-17H2,1-2H3,(H,26,31)(H,27,28). The van der Waals surface area contributed by atoms with Gasteiger partial charge in [0.05, 0.1) is 12.5 Å². The van der Waals surface area contributed by atoms with E-state index in [2.05, 4.69) is 39.8 Å². The third-order valence-corrected chi connectivity index (χ3v) is 6.11. The molecule has 166 valence electrons. The van der Waals surface area contributed by atoms with Gasteiger partial charge in [-0.15, -0.1) is 0 Å². The van der Waals surface area contributed by atoms with Crippen molar-refractivity contribution in [3.63, 3.8) is 0 Å². The summed E-state index contributed by atoms with van der Waals surface area (Å²) in [7, 11) is 1.67. The average molecular weight is 433 g/mol. The highest BCUT2D eigenvalue weighted by Crippen LogP contribution is 2.36. The number of amides is 2. The van der Waals surface area contributed by atoms with Gasteiger partial charge >= 0.3 is 0 Å². The number of nitrogens with zero attached hydrogens (tertiary/aromatic N) is 2. The van der Waals surface area contributed by atoms with Crippen LogP contribution in [0.3, 0.4) is 0 Å². The number of hydrogen-bond acceptors (Lipinski definition) is 4. The smallest absolute Gasteiger partial charge is 0.271 e. The molecular weight excluding hydrogens is 404 g/mol. The first kappa shape index (κ1) is 21.6. The first-order valence-corrected chi connectivity index (χ1v) is 10.9. The lowest BCUT2D eigenvalue weighted by atomic mass is 9.79. The Balaban J connectivity index is 1.56. The summed E-state index contributed by atoms with van der Waals surface area (Å²) in [5.74, 6) is 0.691. The van der Waals surface area contributed by atoms with Crippen LogP contribution in [0.2, 0.25) is 0 Å². The molecule has 1 fully saturated rings. The van der Waals surface area contributed by atoms with Crippen LogP contribution in [0, 0.1) is 5.41 Å². The van der Waals surface area contributed by atoms with Crippen molar-refractivity contribution in [1.29, 1.82) is 0 Å². The zero-order valence-electron chi connectivity index (χ0n) is 18.4. The monoisotopic (exact) mass is 432 g/mol. The highest BCUT2D eigenvalue weighted by molar-refractivity contribution is 5.93. The molecule has 0 bridgehead atoms. The number of H-pyrrole nitrogens is 1. The van der Waals surface area contributed by atoms with Crippen molar-refractivity contribution in [2.45, 2.75) is 19.8 Å². The summed E-state index contributed by atoms with van der Waals surface area (Å²) in [5.41, 5.74) is 2.93. The molecule has 1 aromatic heterocycles. The molecule has 2 heterocycles. The number of carbonyl (C=O) groups is 2. The molecule has 1 saturated heterocycles. The van der Waals surface area contributed by atoms with Crippen LogP contribution < -0.4 is 10.1 Å². The zero-order valence-corrected chi connectivity index (χ0v) is 18.4. The molecule has 0 saturated carbocycles.